The van der Waals surface area contributed by atoms with Crippen molar-refractivity contribution in [1.82, 2.24) is 0 Å². The van der Waals surface area contributed by atoms with Crippen molar-refractivity contribution in [3.05, 3.63) is 35.9 Å². The van der Waals surface area contributed by atoms with Gasteiger partial charge in [-0.25, -0.2) is 0 Å². The van der Waals surface area contributed by atoms with E-state index in [0.29, 0.717) is 0 Å². The monoisotopic (exact) mass is 379 g/mol. The summed E-state index contributed by atoms with van der Waals surface area (Å²) < 4.78 is 0. The topological polar surface area (TPSA) is 12.4 Å². The van der Waals surface area contributed by atoms with Crippen LogP contribution in [0.25, 0.3) is 0 Å². The predicted octanol–water partition coefficient (Wildman–Crippen LogP) is 3.09. The number of rotatable bonds is 1. The van der Waals surface area contributed by atoms with Crippen LogP contribution >= 0.6 is 0 Å². The molecule has 1 aliphatic rings. The Bertz CT molecular complexity index is 341. The molecule has 0 unspecified atom stereocenters. The molecule has 0 amide bonds. The van der Waals surface area contributed by atoms with Gasteiger partial charge in [-0.2, -0.15) is 0 Å². The van der Waals surface area contributed by atoms with Crippen LogP contribution in [-0.4, -0.2) is 12.3 Å². The third-order valence-electron chi connectivity index (χ3n) is 2.84. The van der Waals surface area contributed by atoms with Crippen molar-refractivity contribution in [2.75, 3.05) is 6.54 Å². The molecule has 0 atom stereocenters. The van der Waals surface area contributed by atoms with Gasteiger partial charge in [0.2, 0.25) is 0 Å². The molecule has 0 fully saturated rings. The molecule has 1 heterocycles. The molecule has 1 radical (unpaired) electrons. The van der Waals surface area contributed by atoms with Gasteiger partial charge in [-0.05, 0) is 24.0 Å². The van der Waals surface area contributed by atoms with Gasteiger partial charge in [0.25, 0.3) is 0 Å². The molecule has 1 aromatic carbocycles. The van der Waals surface area contributed by atoms with Gasteiger partial charge in [-0.15, -0.1) is 35.9 Å². The smallest absolute Gasteiger partial charge is 0.0285 e. The first-order chi connectivity index (χ1) is 6.70. The van der Waals surface area contributed by atoms with Gasteiger partial charge >= 0.3 is 0 Å². The summed E-state index contributed by atoms with van der Waals surface area (Å²) in [5, 5.41) is 0. The molecule has 0 spiro atoms. The van der Waals surface area contributed by atoms with Crippen LogP contribution in [0.15, 0.2) is 29.3 Å². The van der Waals surface area contributed by atoms with Crippen LogP contribution in [0.4, 0.5) is 0 Å². The van der Waals surface area contributed by atoms with Crippen LogP contribution in [0.5, 0.6) is 0 Å². The molecule has 83 valence electrons. The minimum Gasteiger partial charge on any atom is -0.337 e. The SMILES string of the molecule is CC1(C)CCCN=C1c1[c-]cccc1.[Ir]. The molecule has 0 aromatic heterocycles. The van der Waals surface area contributed by atoms with Gasteiger partial charge in [-0.1, -0.05) is 13.8 Å². The molecule has 0 saturated heterocycles. The van der Waals surface area contributed by atoms with E-state index in [1.807, 2.05) is 12.1 Å². The van der Waals surface area contributed by atoms with Gasteiger partial charge < -0.3 is 4.99 Å². The molecule has 15 heavy (non-hydrogen) atoms. The summed E-state index contributed by atoms with van der Waals surface area (Å²) in [4.78, 5) is 4.64. The minimum atomic E-state index is 0. The fraction of sp³-hybridized carbons (Fsp3) is 0.462. The molecule has 0 saturated carbocycles. The number of hydrogen-bond acceptors (Lipinski definition) is 1. The van der Waals surface area contributed by atoms with Crippen molar-refractivity contribution in [2.45, 2.75) is 26.7 Å². The van der Waals surface area contributed by atoms with Crippen LogP contribution in [0.3, 0.4) is 0 Å². The summed E-state index contributed by atoms with van der Waals surface area (Å²) in [6.07, 6.45) is 2.44. The maximum Gasteiger partial charge on any atom is 0.0285 e. The average Bonchev–Trinajstić information content (AvgIpc) is 2.18. The van der Waals surface area contributed by atoms with E-state index in [1.165, 1.54) is 18.6 Å². The van der Waals surface area contributed by atoms with Crippen molar-refractivity contribution in [2.24, 2.45) is 10.4 Å². The first-order valence-corrected chi connectivity index (χ1v) is 5.22. The third-order valence-corrected chi connectivity index (χ3v) is 2.84. The van der Waals surface area contributed by atoms with E-state index in [0.717, 1.165) is 12.1 Å². The van der Waals surface area contributed by atoms with Gasteiger partial charge in [0, 0.05) is 26.7 Å². The molecule has 1 nitrogen and oxygen atoms in total. The molecule has 2 rings (SSSR count). The van der Waals surface area contributed by atoms with Crippen LogP contribution in [0, 0.1) is 11.5 Å². The van der Waals surface area contributed by atoms with Crippen molar-refractivity contribution in [3.8, 4) is 0 Å². The zero-order chi connectivity index (χ0) is 10.0. The van der Waals surface area contributed by atoms with E-state index in [9.17, 15) is 0 Å². The standard InChI is InChI=1S/C13H16N.Ir/c1-13(2)9-6-10-14-12(13)11-7-4-3-5-8-11;/h3-5,7H,6,9-10H2,1-2H3;/q-1;. The minimum absolute atomic E-state index is 0. The summed E-state index contributed by atoms with van der Waals surface area (Å²) >= 11 is 0. The quantitative estimate of drug-likeness (QED) is 0.666. The van der Waals surface area contributed by atoms with Crippen molar-refractivity contribution in [3.63, 3.8) is 0 Å². The second-order valence-corrected chi connectivity index (χ2v) is 4.49. The van der Waals surface area contributed by atoms with E-state index in [1.54, 1.807) is 0 Å². The largest absolute Gasteiger partial charge is 0.337 e. The molecule has 1 aliphatic heterocycles. The van der Waals surface area contributed by atoms with E-state index in [4.69, 9.17) is 0 Å². The summed E-state index contributed by atoms with van der Waals surface area (Å²) in [5.74, 6) is 0. The molecular weight excluding hydrogens is 362 g/mol. The normalized spacial score (nSPS) is 18.9. The van der Waals surface area contributed by atoms with Crippen LogP contribution < -0.4 is 0 Å². The molecule has 0 bridgehead atoms. The second kappa shape index (κ2) is 5.05. The Morgan fingerprint density at radius 3 is 2.73 bits per heavy atom. The number of hydrogen-bond donors (Lipinski definition) is 0. The Labute approximate surface area is 105 Å². The van der Waals surface area contributed by atoms with E-state index < -0.39 is 0 Å². The number of nitrogens with zero attached hydrogens (tertiary/aromatic N) is 1. The fourth-order valence-corrected chi connectivity index (χ4v) is 2.03. The summed E-state index contributed by atoms with van der Waals surface area (Å²) in [7, 11) is 0. The van der Waals surface area contributed by atoms with E-state index >= 15 is 0 Å². The van der Waals surface area contributed by atoms with Gasteiger partial charge in [-0.3, -0.25) is 0 Å². The van der Waals surface area contributed by atoms with E-state index in [2.05, 4.69) is 37.0 Å². The molecule has 2 heteroatoms. The Hall–Kier alpha value is -0.461. The van der Waals surface area contributed by atoms with Crippen LogP contribution in [-0.2, 0) is 20.1 Å². The number of benzene rings is 1. The molecular formula is C13H16IrN-. The van der Waals surface area contributed by atoms with Gasteiger partial charge in [0.15, 0.2) is 0 Å². The number of aliphatic imine (C=N–C) groups is 1. The van der Waals surface area contributed by atoms with E-state index in [-0.39, 0.29) is 25.5 Å². The Kier molecular flexibility index (Phi) is 4.24. The molecule has 0 N–H and O–H groups in total. The molecule has 1 aromatic rings. The second-order valence-electron chi connectivity index (χ2n) is 4.49. The van der Waals surface area contributed by atoms with Crippen molar-refractivity contribution < 1.29 is 20.1 Å². The zero-order valence-corrected chi connectivity index (χ0v) is 11.6. The van der Waals surface area contributed by atoms with Crippen molar-refractivity contribution >= 4 is 5.71 Å². The summed E-state index contributed by atoms with van der Waals surface area (Å²) in [6.45, 7) is 5.51. The average molecular weight is 378 g/mol. The summed E-state index contributed by atoms with van der Waals surface area (Å²) in [6, 6.07) is 11.4. The predicted molar refractivity (Wildman–Crippen MR) is 59.7 cm³/mol. The molecule has 0 aliphatic carbocycles. The summed E-state index contributed by atoms with van der Waals surface area (Å²) in [5.41, 5.74) is 2.61. The first-order valence-electron chi connectivity index (χ1n) is 5.22. The Morgan fingerprint density at radius 1 is 1.33 bits per heavy atom. The Morgan fingerprint density at radius 2 is 2.13 bits per heavy atom. The Balaban J connectivity index is 0.00000112. The fourth-order valence-electron chi connectivity index (χ4n) is 2.03. The first kappa shape index (κ1) is 12.6. The van der Waals surface area contributed by atoms with Gasteiger partial charge in [0.1, 0.15) is 0 Å². The van der Waals surface area contributed by atoms with Crippen molar-refractivity contribution in [1.29, 1.82) is 0 Å². The zero-order valence-electron chi connectivity index (χ0n) is 9.21. The third kappa shape index (κ3) is 2.76. The maximum absolute atomic E-state index is 4.64. The van der Waals surface area contributed by atoms with Gasteiger partial charge in [0.05, 0.1) is 0 Å². The maximum atomic E-state index is 4.64. The van der Waals surface area contributed by atoms with Crippen LogP contribution in [0.1, 0.15) is 32.3 Å². The van der Waals surface area contributed by atoms with Crippen LogP contribution in [0.2, 0.25) is 0 Å².